The third-order valence-electron chi connectivity index (χ3n) is 4.08. The first-order valence-corrected chi connectivity index (χ1v) is 7.38. The molecule has 0 amide bonds. The van der Waals surface area contributed by atoms with Crippen molar-refractivity contribution in [1.29, 1.82) is 0 Å². The van der Waals surface area contributed by atoms with Crippen LogP contribution in [0.1, 0.15) is 42.0 Å². The zero-order valence-electron chi connectivity index (χ0n) is 12.9. The summed E-state index contributed by atoms with van der Waals surface area (Å²) in [4.78, 5) is 0. The normalized spacial score (nSPS) is 14.3. The van der Waals surface area contributed by atoms with Gasteiger partial charge in [0.25, 0.3) is 0 Å². The van der Waals surface area contributed by atoms with Crippen LogP contribution in [0.2, 0.25) is 0 Å². The summed E-state index contributed by atoms with van der Waals surface area (Å²) >= 11 is 0. The van der Waals surface area contributed by atoms with E-state index in [1.54, 1.807) is 0 Å². The fourth-order valence-electron chi connectivity index (χ4n) is 2.75. The lowest BCUT2D eigenvalue weighted by atomic mass is 9.79. The van der Waals surface area contributed by atoms with E-state index in [-0.39, 0.29) is 12.0 Å². The topological polar surface area (TPSA) is 26.0 Å². The number of hydrogen-bond acceptors (Lipinski definition) is 1. The molecule has 0 aliphatic rings. The van der Waals surface area contributed by atoms with Gasteiger partial charge in [0.15, 0.2) is 0 Å². The van der Waals surface area contributed by atoms with E-state index in [2.05, 4.69) is 76.2 Å². The Morgan fingerprint density at radius 2 is 1.55 bits per heavy atom. The largest absolute Gasteiger partial charge is 0.327 e. The maximum absolute atomic E-state index is 6.54. The minimum atomic E-state index is 0.123. The van der Waals surface area contributed by atoms with Gasteiger partial charge in [-0.1, -0.05) is 67.9 Å². The van der Waals surface area contributed by atoms with Gasteiger partial charge < -0.3 is 5.73 Å². The van der Waals surface area contributed by atoms with E-state index in [0.29, 0.717) is 5.92 Å². The molecule has 0 fully saturated rings. The molecule has 2 N–H and O–H groups in total. The maximum atomic E-state index is 6.54. The summed E-state index contributed by atoms with van der Waals surface area (Å²) in [5.74, 6) is 0.705. The molecule has 2 unspecified atom stereocenters. The van der Waals surface area contributed by atoms with Crippen molar-refractivity contribution in [2.24, 2.45) is 11.7 Å². The Hall–Kier alpha value is -1.60. The number of aryl methyl sites for hydroxylation is 2. The quantitative estimate of drug-likeness (QED) is 0.872. The second-order valence-corrected chi connectivity index (χ2v) is 6.07. The number of nitrogens with two attached hydrogens (primary N) is 1. The molecule has 20 heavy (non-hydrogen) atoms. The molecular formula is C19H25N. The Kier molecular flexibility index (Phi) is 4.61. The van der Waals surface area contributed by atoms with E-state index in [1.165, 1.54) is 22.3 Å². The van der Waals surface area contributed by atoms with Crippen LogP contribution in [0, 0.1) is 19.8 Å². The van der Waals surface area contributed by atoms with Crippen molar-refractivity contribution < 1.29 is 0 Å². The maximum Gasteiger partial charge on any atom is 0.0246 e. The predicted molar refractivity (Wildman–Crippen MR) is 87.0 cm³/mol. The summed E-state index contributed by atoms with van der Waals surface area (Å²) < 4.78 is 0. The van der Waals surface area contributed by atoms with Gasteiger partial charge >= 0.3 is 0 Å². The fourth-order valence-corrected chi connectivity index (χ4v) is 2.75. The van der Waals surface area contributed by atoms with Crippen LogP contribution in [-0.2, 0) is 0 Å². The Bertz CT molecular complexity index is 557. The van der Waals surface area contributed by atoms with Crippen molar-refractivity contribution in [2.45, 2.75) is 39.7 Å². The third kappa shape index (κ3) is 3.10. The van der Waals surface area contributed by atoms with Gasteiger partial charge in [0.05, 0.1) is 0 Å². The standard InChI is InChI=1S/C19H25N/c1-13(2)19(20)18(16-8-6-5-7-9-16)17-12-14(3)10-11-15(17)4/h5-13,18-19H,20H2,1-4H3. The average Bonchev–Trinajstić information content (AvgIpc) is 2.44. The van der Waals surface area contributed by atoms with Gasteiger partial charge in [-0.05, 0) is 36.5 Å². The third-order valence-corrected chi connectivity index (χ3v) is 4.08. The fraction of sp³-hybridized carbons (Fsp3) is 0.368. The lowest BCUT2D eigenvalue weighted by Gasteiger charge is -2.29. The Balaban J connectivity index is 2.54. The molecule has 2 rings (SSSR count). The monoisotopic (exact) mass is 267 g/mol. The van der Waals surface area contributed by atoms with E-state index < -0.39 is 0 Å². The zero-order chi connectivity index (χ0) is 14.7. The highest BCUT2D eigenvalue weighted by Gasteiger charge is 2.25. The van der Waals surface area contributed by atoms with Crippen molar-refractivity contribution in [2.75, 3.05) is 0 Å². The van der Waals surface area contributed by atoms with Crippen LogP contribution < -0.4 is 5.73 Å². The first kappa shape index (κ1) is 14.8. The number of rotatable bonds is 4. The van der Waals surface area contributed by atoms with Crippen LogP contribution in [0.25, 0.3) is 0 Å². The minimum Gasteiger partial charge on any atom is -0.327 e. The molecule has 0 radical (unpaired) electrons. The van der Waals surface area contributed by atoms with Crippen LogP contribution in [0.4, 0.5) is 0 Å². The Morgan fingerprint density at radius 3 is 2.15 bits per heavy atom. The zero-order valence-corrected chi connectivity index (χ0v) is 12.9. The second kappa shape index (κ2) is 6.23. The highest BCUT2D eigenvalue weighted by Crippen LogP contribution is 2.32. The molecule has 0 heterocycles. The van der Waals surface area contributed by atoms with Gasteiger partial charge in [-0.25, -0.2) is 0 Å². The summed E-state index contributed by atoms with van der Waals surface area (Å²) in [6.45, 7) is 8.72. The van der Waals surface area contributed by atoms with Gasteiger partial charge in [-0.3, -0.25) is 0 Å². The lowest BCUT2D eigenvalue weighted by molar-refractivity contribution is 0.449. The van der Waals surface area contributed by atoms with Crippen LogP contribution in [0.5, 0.6) is 0 Å². The van der Waals surface area contributed by atoms with E-state index in [4.69, 9.17) is 5.73 Å². The lowest BCUT2D eigenvalue weighted by Crippen LogP contribution is -2.34. The molecule has 0 saturated heterocycles. The molecule has 2 aromatic rings. The first-order chi connectivity index (χ1) is 9.50. The van der Waals surface area contributed by atoms with E-state index >= 15 is 0 Å². The molecule has 0 aliphatic carbocycles. The number of hydrogen-bond donors (Lipinski definition) is 1. The summed E-state index contributed by atoms with van der Waals surface area (Å²) in [5.41, 5.74) is 11.8. The van der Waals surface area contributed by atoms with Gasteiger partial charge in [0.1, 0.15) is 0 Å². The van der Waals surface area contributed by atoms with E-state index in [9.17, 15) is 0 Å². The minimum absolute atomic E-state index is 0.123. The summed E-state index contributed by atoms with van der Waals surface area (Å²) in [6, 6.07) is 17.4. The molecule has 0 aliphatic heterocycles. The van der Waals surface area contributed by atoms with Gasteiger partial charge in [-0.2, -0.15) is 0 Å². The molecule has 0 aromatic heterocycles. The Labute approximate surface area is 122 Å². The van der Waals surface area contributed by atoms with Crippen LogP contribution in [0.15, 0.2) is 48.5 Å². The SMILES string of the molecule is Cc1ccc(C)c(C(c2ccccc2)C(N)C(C)C)c1. The predicted octanol–water partition coefficient (Wildman–Crippen LogP) is 4.42. The van der Waals surface area contributed by atoms with Crippen molar-refractivity contribution in [3.05, 3.63) is 70.8 Å². The highest BCUT2D eigenvalue weighted by atomic mass is 14.7. The molecular weight excluding hydrogens is 242 g/mol. The molecule has 2 aromatic carbocycles. The van der Waals surface area contributed by atoms with Crippen LogP contribution >= 0.6 is 0 Å². The van der Waals surface area contributed by atoms with Crippen molar-refractivity contribution in [3.8, 4) is 0 Å². The first-order valence-electron chi connectivity index (χ1n) is 7.38. The Morgan fingerprint density at radius 1 is 0.900 bits per heavy atom. The summed E-state index contributed by atoms with van der Waals surface area (Å²) in [7, 11) is 0. The van der Waals surface area contributed by atoms with Crippen LogP contribution in [-0.4, -0.2) is 6.04 Å². The summed E-state index contributed by atoms with van der Waals surface area (Å²) in [6.07, 6.45) is 0. The molecule has 2 atom stereocenters. The molecule has 1 heteroatoms. The molecule has 0 saturated carbocycles. The van der Waals surface area contributed by atoms with Crippen molar-refractivity contribution >= 4 is 0 Å². The van der Waals surface area contributed by atoms with Crippen LogP contribution in [0.3, 0.4) is 0 Å². The average molecular weight is 267 g/mol. The van der Waals surface area contributed by atoms with Crippen molar-refractivity contribution in [1.82, 2.24) is 0 Å². The van der Waals surface area contributed by atoms with Gasteiger partial charge in [0.2, 0.25) is 0 Å². The smallest absolute Gasteiger partial charge is 0.0246 e. The highest BCUT2D eigenvalue weighted by molar-refractivity contribution is 5.41. The molecule has 106 valence electrons. The van der Waals surface area contributed by atoms with Gasteiger partial charge in [-0.15, -0.1) is 0 Å². The molecule has 0 spiro atoms. The van der Waals surface area contributed by atoms with E-state index in [1.807, 2.05) is 0 Å². The summed E-state index contributed by atoms with van der Waals surface area (Å²) in [5, 5.41) is 0. The van der Waals surface area contributed by atoms with E-state index in [0.717, 1.165) is 0 Å². The number of benzene rings is 2. The van der Waals surface area contributed by atoms with Crippen molar-refractivity contribution in [3.63, 3.8) is 0 Å². The second-order valence-electron chi connectivity index (χ2n) is 6.07. The molecule has 1 nitrogen and oxygen atoms in total. The van der Waals surface area contributed by atoms with Gasteiger partial charge in [0, 0.05) is 12.0 Å². The molecule has 0 bridgehead atoms.